The minimum atomic E-state index is 0.550. The van der Waals surface area contributed by atoms with Crippen molar-refractivity contribution in [3.05, 3.63) is 34.5 Å². The van der Waals surface area contributed by atoms with Crippen LogP contribution in [-0.4, -0.2) is 11.5 Å². The van der Waals surface area contributed by atoms with Gasteiger partial charge in [0.2, 0.25) is 0 Å². The number of H-pyrrole nitrogens is 1. The number of aromatic amines is 1. The smallest absolute Gasteiger partial charge is 0.0488 e. The first-order valence-electron chi connectivity index (χ1n) is 6.52. The maximum atomic E-state index is 5.93. The lowest BCUT2D eigenvalue weighted by Crippen LogP contribution is -2.17. The first kappa shape index (κ1) is 10.8. The van der Waals surface area contributed by atoms with Gasteiger partial charge in [-0.25, -0.2) is 0 Å². The van der Waals surface area contributed by atoms with Crippen LogP contribution in [0.1, 0.15) is 41.1 Å². The van der Waals surface area contributed by atoms with Crippen LogP contribution in [0.4, 0.5) is 0 Å². The molecule has 0 bridgehead atoms. The fraction of sp³-hybridized carbons (Fsp3) is 0.467. The summed E-state index contributed by atoms with van der Waals surface area (Å²) >= 11 is 0. The molecule has 0 aliphatic heterocycles. The van der Waals surface area contributed by atoms with Gasteiger partial charge < -0.3 is 10.7 Å². The number of hydrogen-bond acceptors (Lipinski definition) is 1. The van der Waals surface area contributed by atoms with E-state index in [0.29, 0.717) is 5.92 Å². The molecular weight excluding hydrogens is 208 g/mol. The molecule has 1 unspecified atom stereocenters. The van der Waals surface area contributed by atoms with Crippen molar-refractivity contribution in [2.75, 3.05) is 6.54 Å². The van der Waals surface area contributed by atoms with Crippen LogP contribution < -0.4 is 5.73 Å². The second kappa shape index (κ2) is 3.88. The van der Waals surface area contributed by atoms with E-state index in [4.69, 9.17) is 5.73 Å². The molecule has 2 nitrogen and oxygen atoms in total. The molecule has 3 rings (SSSR count). The van der Waals surface area contributed by atoms with Crippen molar-refractivity contribution in [2.45, 2.75) is 39.0 Å². The summed E-state index contributed by atoms with van der Waals surface area (Å²) in [5.41, 5.74) is 12.9. The molecule has 17 heavy (non-hydrogen) atoms. The maximum absolute atomic E-state index is 5.93. The number of benzene rings is 1. The van der Waals surface area contributed by atoms with Crippen LogP contribution >= 0.6 is 0 Å². The lowest BCUT2D eigenvalue weighted by Gasteiger charge is -2.21. The second-order valence-electron chi connectivity index (χ2n) is 5.35. The Morgan fingerprint density at radius 3 is 2.94 bits per heavy atom. The predicted octanol–water partition coefficient (Wildman–Crippen LogP) is 3.16. The molecule has 0 saturated heterocycles. The summed E-state index contributed by atoms with van der Waals surface area (Å²) in [6.07, 6.45) is 3.68. The average molecular weight is 228 g/mol. The third-order valence-electron chi connectivity index (χ3n) is 4.04. The third kappa shape index (κ3) is 1.59. The van der Waals surface area contributed by atoms with Gasteiger partial charge in [0.1, 0.15) is 0 Å². The molecule has 90 valence electrons. The summed E-state index contributed by atoms with van der Waals surface area (Å²) in [6.45, 7) is 5.13. The fourth-order valence-corrected chi connectivity index (χ4v) is 3.30. The zero-order valence-corrected chi connectivity index (χ0v) is 10.6. The minimum absolute atomic E-state index is 0.550. The standard InChI is InChI=1S/C15H20N2/c1-9-6-10(2)15-12(7-9)14-11(8-16)4-3-5-13(14)17-15/h6-7,11,17H,3-5,8,16H2,1-2H3. The molecule has 0 amide bonds. The molecule has 2 aromatic rings. The van der Waals surface area contributed by atoms with E-state index in [9.17, 15) is 0 Å². The normalized spacial score (nSPS) is 19.6. The second-order valence-corrected chi connectivity index (χ2v) is 5.35. The molecule has 1 aromatic heterocycles. The van der Waals surface area contributed by atoms with E-state index in [1.165, 1.54) is 52.5 Å². The highest BCUT2D eigenvalue weighted by Gasteiger charge is 2.24. The van der Waals surface area contributed by atoms with E-state index in [1.807, 2.05) is 0 Å². The van der Waals surface area contributed by atoms with Gasteiger partial charge in [0.05, 0.1) is 0 Å². The summed E-state index contributed by atoms with van der Waals surface area (Å²) in [4.78, 5) is 3.62. The van der Waals surface area contributed by atoms with Crippen LogP contribution in [0.2, 0.25) is 0 Å². The Balaban J connectivity index is 2.32. The van der Waals surface area contributed by atoms with Crippen molar-refractivity contribution in [2.24, 2.45) is 5.73 Å². The number of nitrogens with one attached hydrogen (secondary N) is 1. The number of rotatable bonds is 1. The monoisotopic (exact) mass is 228 g/mol. The molecule has 0 spiro atoms. The molecule has 1 heterocycles. The van der Waals surface area contributed by atoms with Gasteiger partial charge in [-0.1, -0.05) is 11.6 Å². The fourth-order valence-electron chi connectivity index (χ4n) is 3.30. The maximum Gasteiger partial charge on any atom is 0.0488 e. The lowest BCUT2D eigenvalue weighted by atomic mass is 9.85. The first-order valence-corrected chi connectivity index (χ1v) is 6.52. The largest absolute Gasteiger partial charge is 0.358 e. The molecule has 1 atom stereocenters. The van der Waals surface area contributed by atoms with Crippen LogP contribution in [-0.2, 0) is 6.42 Å². The highest BCUT2D eigenvalue weighted by atomic mass is 14.7. The molecule has 1 aromatic carbocycles. The van der Waals surface area contributed by atoms with Crippen LogP contribution in [0.3, 0.4) is 0 Å². The minimum Gasteiger partial charge on any atom is -0.358 e. The van der Waals surface area contributed by atoms with Gasteiger partial charge in [-0.15, -0.1) is 0 Å². The van der Waals surface area contributed by atoms with Crippen LogP contribution in [0.5, 0.6) is 0 Å². The van der Waals surface area contributed by atoms with Crippen molar-refractivity contribution in [1.29, 1.82) is 0 Å². The molecule has 0 saturated carbocycles. The van der Waals surface area contributed by atoms with Gasteiger partial charge in [-0.3, -0.25) is 0 Å². The zero-order chi connectivity index (χ0) is 12.0. The molecule has 3 N–H and O–H groups in total. The number of hydrogen-bond donors (Lipinski definition) is 2. The summed E-state index contributed by atoms with van der Waals surface area (Å²) < 4.78 is 0. The van der Waals surface area contributed by atoms with Crippen molar-refractivity contribution in [1.82, 2.24) is 4.98 Å². The van der Waals surface area contributed by atoms with E-state index in [2.05, 4.69) is 31.0 Å². The molecular formula is C15H20N2. The van der Waals surface area contributed by atoms with Gasteiger partial charge in [-0.05, 0) is 62.8 Å². The van der Waals surface area contributed by atoms with E-state index in [-0.39, 0.29) is 0 Å². The van der Waals surface area contributed by atoms with E-state index >= 15 is 0 Å². The van der Waals surface area contributed by atoms with E-state index in [0.717, 1.165) is 6.54 Å². The quantitative estimate of drug-likeness (QED) is 0.773. The average Bonchev–Trinajstić information content (AvgIpc) is 2.68. The van der Waals surface area contributed by atoms with E-state index < -0.39 is 0 Å². The Bertz CT molecular complexity index is 566. The van der Waals surface area contributed by atoms with Crippen molar-refractivity contribution in [3.8, 4) is 0 Å². The molecule has 1 aliphatic rings. The molecule has 2 heteroatoms. The predicted molar refractivity (Wildman–Crippen MR) is 72.5 cm³/mol. The summed E-state index contributed by atoms with van der Waals surface area (Å²) in [7, 11) is 0. The van der Waals surface area contributed by atoms with Crippen LogP contribution in [0, 0.1) is 13.8 Å². The van der Waals surface area contributed by atoms with Gasteiger partial charge in [0.15, 0.2) is 0 Å². The number of aryl methyl sites for hydroxylation is 3. The highest BCUT2D eigenvalue weighted by molar-refractivity contribution is 5.88. The zero-order valence-electron chi connectivity index (χ0n) is 10.6. The van der Waals surface area contributed by atoms with E-state index in [1.54, 1.807) is 0 Å². The summed E-state index contributed by atoms with van der Waals surface area (Å²) in [5, 5.41) is 1.41. The Hall–Kier alpha value is -1.28. The molecule has 0 fully saturated rings. The van der Waals surface area contributed by atoms with Gasteiger partial charge in [-0.2, -0.15) is 0 Å². The summed E-state index contributed by atoms with van der Waals surface area (Å²) in [5.74, 6) is 0.550. The van der Waals surface area contributed by atoms with Gasteiger partial charge in [0.25, 0.3) is 0 Å². The number of nitrogens with two attached hydrogens (primary N) is 1. The van der Waals surface area contributed by atoms with Crippen molar-refractivity contribution < 1.29 is 0 Å². The van der Waals surface area contributed by atoms with Gasteiger partial charge in [0, 0.05) is 16.6 Å². The summed E-state index contributed by atoms with van der Waals surface area (Å²) in [6, 6.07) is 4.56. The molecule has 1 aliphatic carbocycles. The number of fused-ring (bicyclic) bond motifs is 3. The Kier molecular flexibility index (Phi) is 2.48. The lowest BCUT2D eigenvalue weighted by molar-refractivity contribution is 0.560. The van der Waals surface area contributed by atoms with Crippen molar-refractivity contribution >= 4 is 10.9 Å². The Morgan fingerprint density at radius 2 is 2.18 bits per heavy atom. The Morgan fingerprint density at radius 1 is 1.35 bits per heavy atom. The van der Waals surface area contributed by atoms with Crippen LogP contribution in [0.15, 0.2) is 12.1 Å². The molecule has 0 radical (unpaired) electrons. The topological polar surface area (TPSA) is 41.8 Å². The highest BCUT2D eigenvalue weighted by Crippen LogP contribution is 2.37. The SMILES string of the molecule is Cc1cc(C)c2[nH]c3c(c2c1)C(CN)CCC3. The number of aromatic nitrogens is 1. The van der Waals surface area contributed by atoms with Gasteiger partial charge >= 0.3 is 0 Å². The Labute approximate surface area is 102 Å². The van der Waals surface area contributed by atoms with Crippen molar-refractivity contribution in [3.63, 3.8) is 0 Å². The first-order chi connectivity index (χ1) is 8.20. The third-order valence-corrected chi connectivity index (χ3v) is 4.04. The van der Waals surface area contributed by atoms with Crippen LogP contribution in [0.25, 0.3) is 10.9 Å².